The molecule has 1 atom stereocenters. The topological polar surface area (TPSA) is 12.0 Å². The first kappa shape index (κ1) is 16.1. The van der Waals surface area contributed by atoms with Crippen molar-refractivity contribution >= 4 is 15.9 Å². The molecule has 0 aliphatic heterocycles. The third-order valence-electron chi connectivity index (χ3n) is 3.34. The van der Waals surface area contributed by atoms with Gasteiger partial charge in [0.05, 0.1) is 0 Å². The maximum absolute atomic E-state index is 14.1. The Kier molecular flexibility index (Phi) is 5.48. The van der Waals surface area contributed by atoms with Gasteiger partial charge in [-0.1, -0.05) is 40.5 Å². The molecule has 0 fully saturated rings. The molecule has 4 heteroatoms. The summed E-state index contributed by atoms with van der Waals surface area (Å²) in [4.78, 5) is 0. The molecule has 0 aromatic heterocycles. The third kappa shape index (κ3) is 4.35. The van der Waals surface area contributed by atoms with E-state index in [1.807, 2.05) is 26.0 Å². The Morgan fingerprint density at radius 2 is 1.90 bits per heavy atom. The van der Waals surface area contributed by atoms with Crippen molar-refractivity contribution < 1.29 is 8.78 Å². The van der Waals surface area contributed by atoms with Crippen LogP contribution in [0.3, 0.4) is 0 Å². The smallest absolute Gasteiger partial charge is 0.128 e. The van der Waals surface area contributed by atoms with E-state index in [2.05, 4.69) is 21.2 Å². The lowest BCUT2D eigenvalue weighted by molar-refractivity contribution is 0.508. The number of nitrogens with one attached hydrogen (secondary N) is 1. The quantitative estimate of drug-likeness (QED) is 0.803. The van der Waals surface area contributed by atoms with E-state index in [1.54, 1.807) is 6.07 Å². The summed E-state index contributed by atoms with van der Waals surface area (Å²) in [6.45, 7) is 4.63. The van der Waals surface area contributed by atoms with E-state index in [4.69, 9.17) is 0 Å². The molecule has 1 nitrogen and oxygen atoms in total. The highest BCUT2D eigenvalue weighted by atomic mass is 79.9. The molecule has 21 heavy (non-hydrogen) atoms. The Balaban J connectivity index is 2.32. The van der Waals surface area contributed by atoms with Crippen LogP contribution in [-0.4, -0.2) is 6.54 Å². The number of hydrogen-bond donors (Lipinski definition) is 1. The molecule has 1 N–H and O–H groups in total. The van der Waals surface area contributed by atoms with Crippen LogP contribution in [0.4, 0.5) is 8.78 Å². The van der Waals surface area contributed by atoms with Gasteiger partial charge < -0.3 is 5.32 Å². The second-order valence-electron chi connectivity index (χ2n) is 5.12. The zero-order valence-electron chi connectivity index (χ0n) is 12.1. The van der Waals surface area contributed by atoms with E-state index in [0.717, 1.165) is 11.1 Å². The molecule has 2 rings (SSSR count). The van der Waals surface area contributed by atoms with Crippen LogP contribution in [0, 0.1) is 18.6 Å². The third-order valence-corrected chi connectivity index (χ3v) is 3.80. The Hall–Kier alpha value is -1.26. The van der Waals surface area contributed by atoms with Crippen LogP contribution in [0.1, 0.15) is 29.7 Å². The van der Waals surface area contributed by atoms with Crippen LogP contribution in [0.25, 0.3) is 0 Å². The molecule has 0 radical (unpaired) electrons. The Morgan fingerprint density at radius 3 is 2.57 bits per heavy atom. The van der Waals surface area contributed by atoms with Gasteiger partial charge in [-0.3, -0.25) is 0 Å². The summed E-state index contributed by atoms with van der Waals surface area (Å²) in [6, 6.07) is 9.67. The first-order chi connectivity index (χ1) is 9.99. The van der Waals surface area contributed by atoms with Crippen molar-refractivity contribution in [2.24, 2.45) is 0 Å². The fraction of sp³-hybridized carbons (Fsp3) is 0.294. The highest BCUT2D eigenvalue weighted by molar-refractivity contribution is 9.10. The minimum Gasteiger partial charge on any atom is -0.310 e. The summed E-state index contributed by atoms with van der Waals surface area (Å²) in [6.07, 6.45) is 0.532. The minimum absolute atomic E-state index is 0.177. The largest absolute Gasteiger partial charge is 0.310 e. The summed E-state index contributed by atoms with van der Waals surface area (Å²) in [5, 5.41) is 3.28. The van der Waals surface area contributed by atoms with Gasteiger partial charge >= 0.3 is 0 Å². The highest BCUT2D eigenvalue weighted by Gasteiger charge is 2.16. The normalized spacial score (nSPS) is 12.4. The number of hydrogen-bond acceptors (Lipinski definition) is 1. The van der Waals surface area contributed by atoms with Crippen molar-refractivity contribution in [2.75, 3.05) is 6.54 Å². The summed E-state index contributed by atoms with van der Waals surface area (Å²) in [5.41, 5.74) is 2.46. The van der Waals surface area contributed by atoms with Crippen molar-refractivity contribution in [3.63, 3.8) is 0 Å². The summed E-state index contributed by atoms with van der Waals surface area (Å²) < 4.78 is 28.3. The zero-order valence-corrected chi connectivity index (χ0v) is 13.7. The second kappa shape index (κ2) is 7.14. The van der Waals surface area contributed by atoms with Gasteiger partial charge in [-0.2, -0.15) is 0 Å². The van der Waals surface area contributed by atoms with Crippen LogP contribution in [0.2, 0.25) is 0 Å². The Bertz CT molecular complexity index is 608. The van der Waals surface area contributed by atoms with Gasteiger partial charge in [0.25, 0.3) is 0 Å². The molecule has 0 heterocycles. The van der Waals surface area contributed by atoms with Crippen molar-refractivity contribution in [1.82, 2.24) is 5.32 Å². The van der Waals surface area contributed by atoms with Gasteiger partial charge in [-0.25, -0.2) is 8.78 Å². The van der Waals surface area contributed by atoms with Crippen LogP contribution in [-0.2, 0) is 6.42 Å². The fourth-order valence-electron chi connectivity index (χ4n) is 2.43. The average Bonchev–Trinajstić information content (AvgIpc) is 2.40. The zero-order chi connectivity index (χ0) is 15.4. The van der Waals surface area contributed by atoms with Gasteiger partial charge in [0.2, 0.25) is 0 Å². The summed E-state index contributed by atoms with van der Waals surface area (Å²) in [5.74, 6) is -0.527. The predicted octanol–water partition coefficient (Wildman–Crippen LogP) is 4.93. The molecule has 2 aromatic carbocycles. The molecule has 2 aromatic rings. The Labute approximate surface area is 132 Å². The molecular formula is C17H18BrF2N. The first-order valence-electron chi connectivity index (χ1n) is 6.94. The second-order valence-corrected chi connectivity index (χ2v) is 6.03. The standard InChI is InChI=1S/C17H18BrF2N/c1-3-21-17(15-6-11(2)4-5-16(15)20)9-12-7-13(18)10-14(19)8-12/h4-8,10,17,21H,3,9H2,1-2H3. The number of likely N-dealkylation sites (N-methyl/N-ethyl adjacent to an activating group) is 1. The molecule has 112 valence electrons. The van der Waals surface area contributed by atoms with Gasteiger partial charge in [0.15, 0.2) is 0 Å². The average molecular weight is 354 g/mol. The SMILES string of the molecule is CCNC(Cc1cc(F)cc(Br)c1)c1cc(C)ccc1F. The van der Waals surface area contributed by atoms with Crippen molar-refractivity contribution in [2.45, 2.75) is 26.3 Å². The van der Waals surface area contributed by atoms with Crippen LogP contribution >= 0.6 is 15.9 Å². The monoisotopic (exact) mass is 353 g/mol. The lowest BCUT2D eigenvalue weighted by Crippen LogP contribution is -2.24. The maximum atomic E-state index is 14.1. The molecule has 0 saturated carbocycles. The van der Waals surface area contributed by atoms with E-state index in [9.17, 15) is 8.78 Å². The van der Waals surface area contributed by atoms with Crippen molar-refractivity contribution in [3.05, 3.63) is 69.2 Å². The lowest BCUT2D eigenvalue weighted by Gasteiger charge is -2.20. The van der Waals surface area contributed by atoms with Crippen LogP contribution < -0.4 is 5.32 Å². The highest BCUT2D eigenvalue weighted by Crippen LogP contribution is 2.24. The molecule has 0 amide bonds. The van der Waals surface area contributed by atoms with Gasteiger partial charge in [0.1, 0.15) is 11.6 Å². The number of benzene rings is 2. The number of rotatable bonds is 5. The molecule has 1 unspecified atom stereocenters. The van der Waals surface area contributed by atoms with E-state index in [-0.39, 0.29) is 17.7 Å². The molecule has 0 aliphatic rings. The maximum Gasteiger partial charge on any atom is 0.128 e. The molecule has 0 aliphatic carbocycles. The number of aryl methyl sites for hydroxylation is 1. The van der Waals surface area contributed by atoms with E-state index in [0.29, 0.717) is 23.0 Å². The van der Waals surface area contributed by atoms with Gasteiger partial charge in [-0.05, 0) is 49.7 Å². The predicted molar refractivity (Wildman–Crippen MR) is 85.4 cm³/mol. The fourth-order valence-corrected chi connectivity index (χ4v) is 2.95. The van der Waals surface area contributed by atoms with E-state index < -0.39 is 0 Å². The van der Waals surface area contributed by atoms with E-state index in [1.165, 1.54) is 18.2 Å². The lowest BCUT2D eigenvalue weighted by atomic mass is 9.97. The molecular weight excluding hydrogens is 336 g/mol. The van der Waals surface area contributed by atoms with Crippen molar-refractivity contribution in [1.29, 1.82) is 0 Å². The molecule has 0 spiro atoms. The summed E-state index contributed by atoms with van der Waals surface area (Å²) in [7, 11) is 0. The first-order valence-corrected chi connectivity index (χ1v) is 7.73. The van der Waals surface area contributed by atoms with Gasteiger partial charge in [-0.15, -0.1) is 0 Å². The Morgan fingerprint density at radius 1 is 1.14 bits per heavy atom. The van der Waals surface area contributed by atoms with E-state index >= 15 is 0 Å². The minimum atomic E-state index is -0.292. The van der Waals surface area contributed by atoms with Crippen LogP contribution in [0.15, 0.2) is 40.9 Å². The number of halogens is 3. The van der Waals surface area contributed by atoms with Gasteiger partial charge in [0, 0.05) is 16.1 Å². The molecule has 0 saturated heterocycles. The van der Waals surface area contributed by atoms with Crippen molar-refractivity contribution in [3.8, 4) is 0 Å². The van der Waals surface area contributed by atoms with Crippen LogP contribution in [0.5, 0.6) is 0 Å². The molecule has 0 bridgehead atoms. The summed E-state index contributed by atoms with van der Waals surface area (Å²) >= 11 is 3.29.